The van der Waals surface area contributed by atoms with Gasteiger partial charge in [0.25, 0.3) is 5.91 Å². The van der Waals surface area contributed by atoms with Gasteiger partial charge >= 0.3 is 0 Å². The molecule has 0 bridgehead atoms. The van der Waals surface area contributed by atoms with E-state index in [1.165, 1.54) is 0 Å². The number of hydrogen-bond acceptors (Lipinski definition) is 4. The van der Waals surface area contributed by atoms with Crippen LogP contribution in [-0.2, 0) is 0 Å². The van der Waals surface area contributed by atoms with E-state index in [-0.39, 0.29) is 11.0 Å². The van der Waals surface area contributed by atoms with E-state index >= 15 is 0 Å². The maximum absolute atomic E-state index is 12.4. The quantitative estimate of drug-likeness (QED) is 0.847. The van der Waals surface area contributed by atoms with Crippen LogP contribution in [-0.4, -0.2) is 17.2 Å². The Kier molecular flexibility index (Phi) is 4.29. The van der Waals surface area contributed by atoms with Gasteiger partial charge in [0, 0.05) is 11.6 Å². The van der Waals surface area contributed by atoms with Crippen LogP contribution in [0.5, 0.6) is 0 Å². The highest BCUT2D eigenvalue weighted by Crippen LogP contribution is 2.14. The minimum atomic E-state index is -0.540. The zero-order valence-electron chi connectivity index (χ0n) is 12.3. The van der Waals surface area contributed by atoms with Crippen LogP contribution in [0.25, 0.3) is 6.08 Å². The lowest BCUT2D eigenvalue weighted by molar-refractivity contribution is 0.0963. The molecule has 1 amide bonds. The molecular formula is C16H14N4O2S. The summed E-state index contributed by atoms with van der Waals surface area (Å²) in [7, 11) is 0. The van der Waals surface area contributed by atoms with Crippen molar-refractivity contribution in [3.05, 3.63) is 65.2 Å². The Morgan fingerprint density at radius 3 is 2.74 bits per heavy atom. The van der Waals surface area contributed by atoms with Crippen molar-refractivity contribution in [2.45, 2.75) is 13.1 Å². The van der Waals surface area contributed by atoms with Gasteiger partial charge in [0.15, 0.2) is 6.17 Å². The number of nitrogens with one attached hydrogen (secondary N) is 2. The lowest BCUT2D eigenvalue weighted by atomic mass is 10.1. The van der Waals surface area contributed by atoms with E-state index in [0.29, 0.717) is 17.0 Å². The van der Waals surface area contributed by atoms with Crippen LogP contribution in [0.4, 0.5) is 0 Å². The van der Waals surface area contributed by atoms with Crippen LogP contribution in [0.1, 0.15) is 21.7 Å². The molecule has 2 heterocycles. The number of carbonyl (C=O) groups excluding carboxylic acids is 1. The zero-order chi connectivity index (χ0) is 16.2. The second-order valence-electron chi connectivity index (χ2n) is 5.00. The predicted octanol–water partition coefficient (Wildman–Crippen LogP) is 3.03. The normalized spacial score (nSPS) is 17.2. The Morgan fingerprint density at radius 1 is 1.35 bits per heavy atom. The molecule has 1 aromatic carbocycles. The molecule has 0 fully saturated rings. The lowest BCUT2D eigenvalue weighted by Crippen LogP contribution is -2.36. The van der Waals surface area contributed by atoms with Crippen molar-refractivity contribution >= 4 is 29.3 Å². The summed E-state index contributed by atoms with van der Waals surface area (Å²) < 4.78 is 5.29. The highest BCUT2D eigenvalue weighted by Gasteiger charge is 2.22. The third kappa shape index (κ3) is 3.70. The first-order valence-electron chi connectivity index (χ1n) is 6.96. The summed E-state index contributed by atoms with van der Waals surface area (Å²) in [5.41, 5.74) is 2.15. The Labute approximate surface area is 138 Å². The molecule has 1 aromatic heterocycles. The first kappa shape index (κ1) is 15.1. The van der Waals surface area contributed by atoms with Gasteiger partial charge in [-0.2, -0.15) is 5.11 Å². The van der Waals surface area contributed by atoms with Crippen LogP contribution in [0.2, 0.25) is 0 Å². The first-order valence-corrected chi connectivity index (χ1v) is 7.37. The fourth-order valence-electron chi connectivity index (χ4n) is 2.04. The molecule has 2 aromatic rings. The molecule has 0 aliphatic carbocycles. The van der Waals surface area contributed by atoms with Gasteiger partial charge in [0.2, 0.25) is 5.11 Å². The topological polar surface area (TPSA) is 79.0 Å². The van der Waals surface area contributed by atoms with E-state index in [4.69, 9.17) is 16.6 Å². The Morgan fingerprint density at radius 2 is 2.13 bits per heavy atom. The number of amides is 1. The number of aryl methyl sites for hydroxylation is 1. The maximum Gasteiger partial charge on any atom is 0.255 e. The summed E-state index contributed by atoms with van der Waals surface area (Å²) >= 11 is 4.95. The van der Waals surface area contributed by atoms with E-state index in [1.807, 2.05) is 19.1 Å². The van der Waals surface area contributed by atoms with Gasteiger partial charge in [0.05, 0.1) is 12.0 Å². The standard InChI is InChI=1S/C16H14N4O2S/c1-10-4-6-11(7-5-10)15(21)17-13(9-12-3-2-8-22-12)14-18-16(23)20-19-14/h2-9,14H,1H3,(H,17,21)(H,18,23). The number of hydrogen-bond donors (Lipinski definition) is 2. The SMILES string of the molecule is Cc1ccc(C(=O)NC(=Cc2ccco2)C2N=NC(=S)N2)cc1. The summed E-state index contributed by atoms with van der Waals surface area (Å²) in [6.07, 6.45) is 2.71. The Hall–Kier alpha value is -2.80. The monoisotopic (exact) mass is 326 g/mol. The Bertz CT molecular complexity index is 779. The van der Waals surface area contributed by atoms with Gasteiger partial charge in [-0.15, -0.1) is 5.11 Å². The van der Waals surface area contributed by atoms with E-state index in [0.717, 1.165) is 5.56 Å². The van der Waals surface area contributed by atoms with Crippen LogP contribution in [0, 0.1) is 6.92 Å². The van der Waals surface area contributed by atoms with Crippen molar-refractivity contribution in [1.29, 1.82) is 0 Å². The molecule has 116 valence electrons. The van der Waals surface area contributed by atoms with Crippen LogP contribution in [0.3, 0.4) is 0 Å². The molecule has 1 aliphatic rings. The largest absolute Gasteiger partial charge is 0.465 e. The molecule has 0 radical (unpaired) electrons. The molecule has 0 spiro atoms. The number of thiocarbonyl (C=S) groups is 1. The van der Waals surface area contributed by atoms with Crippen molar-refractivity contribution in [3.63, 3.8) is 0 Å². The summed E-state index contributed by atoms with van der Waals surface area (Å²) in [4.78, 5) is 12.4. The molecule has 0 saturated heterocycles. The molecule has 2 N–H and O–H groups in total. The van der Waals surface area contributed by atoms with Crippen molar-refractivity contribution in [1.82, 2.24) is 10.6 Å². The number of rotatable bonds is 4. The van der Waals surface area contributed by atoms with Gasteiger partial charge in [-0.25, -0.2) is 0 Å². The van der Waals surface area contributed by atoms with Crippen molar-refractivity contribution in [3.8, 4) is 0 Å². The number of furan rings is 1. The van der Waals surface area contributed by atoms with Gasteiger partial charge in [-0.3, -0.25) is 4.79 Å². The van der Waals surface area contributed by atoms with Gasteiger partial charge in [0.1, 0.15) is 5.76 Å². The third-order valence-electron chi connectivity index (χ3n) is 3.23. The molecule has 7 heteroatoms. The maximum atomic E-state index is 12.4. The van der Waals surface area contributed by atoms with Crippen molar-refractivity contribution in [2.75, 3.05) is 0 Å². The number of nitrogens with zero attached hydrogens (tertiary/aromatic N) is 2. The molecule has 6 nitrogen and oxygen atoms in total. The highest BCUT2D eigenvalue weighted by atomic mass is 32.1. The fourth-order valence-corrected chi connectivity index (χ4v) is 2.20. The number of azo groups is 1. The number of carbonyl (C=O) groups is 1. The fraction of sp³-hybridized carbons (Fsp3) is 0.125. The van der Waals surface area contributed by atoms with Crippen molar-refractivity contribution in [2.24, 2.45) is 10.2 Å². The molecule has 1 atom stereocenters. The second kappa shape index (κ2) is 6.53. The van der Waals surface area contributed by atoms with Gasteiger partial charge in [-0.05, 0) is 43.4 Å². The Balaban J connectivity index is 1.84. The third-order valence-corrected chi connectivity index (χ3v) is 3.43. The van der Waals surface area contributed by atoms with Crippen LogP contribution >= 0.6 is 12.2 Å². The second-order valence-corrected chi connectivity index (χ2v) is 5.39. The molecule has 1 aliphatic heterocycles. The average Bonchev–Trinajstić information content (AvgIpc) is 3.19. The van der Waals surface area contributed by atoms with Crippen molar-refractivity contribution < 1.29 is 9.21 Å². The number of benzene rings is 1. The molecule has 1 unspecified atom stereocenters. The van der Waals surface area contributed by atoms with Crippen LogP contribution in [0.15, 0.2) is 63.0 Å². The minimum absolute atomic E-state index is 0.238. The zero-order valence-corrected chi connectivity index (χ0v) is 13.1. The first-order chi connectivity index (χ1) is 11.1. The van der Waals surface area contributed by atoms with E-state index < -0.39 is 6.17 Å². The average molecular weight is 326 g/mol. The summed E-state index contributed by atoms with van der Waals surface area (Å²) in [6.45, 7) is 1.97. The van der Waals surface area contributed by atoms with E-state index in [9.17, 15) is 4.79 Å². The van der Waals surface area contributed by atoms with E-state index in [1.54, 1.807) is 36.6 Å². The minimum Gasteiger partial charge on any atom is -0.465 e. The molecular weight excluding hydrogens is 312 g/mol. The predicted molar refractivity (Wildman–Crippen MR) is 89.7 cm³/mol. The van der Waals surface area contributed by atoms with Gasteiger partial charge < -0.3 is 15.1 Å². The molecule has 23 heavy (non-hydrogen) atoms. The smallest absolute Gasteiger partial charge is 0.255 e. The summed E-state index contributed by atoms with van der Waals surface area (Å²) in [5, 5.41) is 13.8. The van der Waals surface area contributed by atoms with Crippen LogP contribution < -0.4 is 10.6 Å². The molecule has 0 saturated carbocycles. The lowest BCUT2D eigenvalue weighted by Gasteiger charge is -2.14. The summed E-state index contributed by atoms with van der Waals surface area (Å²) in [6, 6.07) is 10.8. The molecule has 3 rings (SSSR count). The highest BCUT2D eigenvalue weighted by molar-refractivity contribution is 7.80. The van der Waals surface area contributed by atoms with E-state index in [2.05, 4.69) is 20.9 Å². The van der Waals surface area contributed by atoms with Gasteiger partial charge in [-0.1, -0.05) is 17.7 Å². The summed E-state index contributed by atoms with van der Waals surface area (Å²) in [5.74, 6) is 0.358.